The van der Waals surface area contributed by atoms with Crippen LogP contribution < -0.4 is 5.73 Å². The second kappa shape index (κ2) is 5.55. The number of ether oxygens (including phenoxy) is 1. The summed E-state index contributed by atoms with van der Waals surface area (Å²) in [4.78, 5) is 15.7. The van der Waals surface area contributed by atoms with E-state index in [-0.39, 0.29) is 5.97 Å². The smallest absolute Gasteiger partial charge is 0.306 e. The Hall–Kier alpha value is -1.31. The van der Waals surface area contributed by atoms with Crippen LogP contribution in [0, 0.1) is 3.57 Å². The number of aryl methyl sites for hydroxylation is 1. The van der Waals surface area contributed by atoms with Gasteiger partial charge in [0.25, 0.3) is 0 Å². The molecule has 0 radical (unpaired) electrons. The Balaban J connectivity index is 2.13. The number of anilines is 1. The number of nitrogens with zero attached hydrogens (tertiary/aromatic N) is 2. The van der Waals surface area contributed by atoms with Gasteiger partial charge in [-0.15, -0.1) is 0 Å². The Morgan fingerprint density at radius 2 is 2.33 bits per heavy atom. The second-order valence-electron chi connectivity index (χ2n) is 3.88. The molecule has 0 fully saturated rings. The van der Waals surface area contributed by atoms with Gasteiger partial charge in [-0.05, 0) is 35.6 Å². The predicted octanol–water partition coefficient (Wildman–Crippen LogP) is 2.02. The van der Waals surface area contributed by atoms with Gasteiger partial charge in [0.2, 0.25) is 0 Å². The molecule has 0 bridgehead atoms. The molecule has 0 amide bonds. The molecule has 2 N–H and O–H groups in total. The van der Waals surface area contributed by atoms with E-state index in [1.165, 1.54) is 0 Å². The van der Waals surface area contributed by atoms with Crippen LogP contribution in [0.4, 0.5) is 5.69 Å². The average molecular weight is 359 g/mol. The topological polar surface area (TPSA) is 69.6 Å². The summed E-state index contributed by atoms with van der Waals surface area (Å²) in [6, 6.07) is 1.92. The zero-order chi connectivity index (χ0) is 13.1. The van der Waals surface area contributed by atoms with Gasteiger partial charge in [-0.1, -0.05) is 0 Å². The van der Waals surface area contributed by atoms with Crippen LogP contribution >= 0.6 is 22.6 Å². The number of nitrogens with two attached hydrogens (primary N) is 1. The SMILES string of the molecule is CCOC(=O)CCc1cn2cc(N)c(I)cc2n1. The van der Waals surface area contributed by atoms with E-state index < -0.39 is 0 Å². The first-order valence-corrected chi connectivity index (χ1v) is 6.76. The molecule has 2 rings (SSSR count). The Labute approximate surface area is 118 Å². The molecule has 0 aliphatic carbocycles. The predicted molar refractivity (Wildman–Crippen MR) is 77.3 cm³/mol. The summed E-state index contributed by atoms with van der Waals surface area (Å²) in [5, 5.41) is 0. The highest BCUT2D eigenvalue weighted by molar-refractivity contribution is 14.1. The quantitative estimate of drug-likeness (QED) is 0.670. The standard InChI is InChI=1S/C12H14IN3O2/c1-2-18-12(17)4-3-8-6-16-7-10(14)9(13)5-11(16)15-8/h5-7H,2-4,14H2,1H3. The Morgan fingerprint density at radius 1 is 1.56 bits per heavy atom. The third-order valence-corrected chi connectivity index (χ3v) is 3.45. The normalized spacial score (nSPS) is 10.8. The minimum atomic E-state index is -0.191. The van der Waals surface area contributed by atoms with Gasteiger partial charge in [0.05, 0.1) is 24.4 Å². The molecule has 2 heterocycles. The van der Waals surface area contributed by atoms with Crippen molar-refractivity contribution in [2.24, 2.45) is 0 Å². The molecule has 18 heavy (non-hydrogen) atoms. The van der Waals surface area contributed by atoms with Gasteiger partial charge in [0, 0.05) is 22.4 Å². The number of carbonyl (C=O) groups excluding carboxylic acids is 1. The minimum absolute atomic E-state index is 0.191. The first kappa shape index (κ1) is 13.1. The third kappa shape index (κ3) is 2.92. The molecule has 0 unspecified atom stereocenters. The number of carbonyl (C=O) groups is 1. The van der Waals surface area contributed by atoms with E-state index in [0.29, 0.717) is 19.4 Å². The highest BCUT2D eigenvalue weighted by atomic mass is 127. The summed E-state index contributed by atoms with van der Waals surface area (Å²) in [6.45, 7) is 2.21. The van der Waals surface area contributed by atoms with Gasteiger partial charge in [-0.2, -0.15) is 0 Å². The van der Waals surface area contributed by atoms with Crippen LogP contribution in [0.3, 0.4) is 0 Å². The maximum atomic E-state index is 11.3. The van der Waals surface area contributed by atoms with E-state index >= 15 is 0 Å². The maximum absolute atomic E-state index is 11.3. The van der Waals surface area contributed by atoms with E-state index in [0.717, 1.165) is 20.6 Å². The number of esters is 1. The van der Waals surface area contributed by atoms with E-state index in [4.69, 9.17) is 10.5 Å². The fourth-order valence-electron chi connectivity index (χ4n) is 1.66. The number of hydrogen-bond donors (Lipinski definition) is 1. The molecule has 0 aliphatic heterocycles. The van der Waals surface area contributed by atoms with E-state index in [9.17, 15) is 4.79 Å². The highest BCUT2D eigenvalue weighted by Gasteiger charge is 2.07. The summed E-state index contributed by atoms with van der Waals surface area (Å²) in [5.41, 5.74) is 8.25. The van der Waals surface area contributed by atoms with Crippen LogP contribution in [0.1, 0.15) is 19.0 Å². The molecule has 0 aromatic carbocycles. The van der Waals surface area contributed by atoms with Crippen molar-refractivity contribution in [3.63, 3.8) is 0 Å². The van der Waals surface area contributed by atoms with E-state index in [1.54, 1.807) is 6.92 Å². The summed E-state index contributed by atoms with van der Waals surface area (Å²) in [6.07, 6.45) is 4.65. The first-order valence-electron chi connectivity index (χ1n) is 5.68. The van der Waals surface area contributed by atoms with Crippen LogP contribution in [-0.2, 0) is 16.0 Å². The minimum Gasteiger partial charge on any atom is -0.466 e. The second-order valence-corrected chi connectivity index (χ2v) is 5.04. The summed E-state index contributed by atoms with van der Waals surface area (Å²) < 4.78 is 7.73. The molecule has 2 aromatic heterocycles. The molecule has 0 saturated carbocycles. The van der Waals surface area contributed by atoms with Gasteiger partial charge in [-0.25, -0.2) is 4.98 Å². The molecular weight excluding hydrogens is 345 g/mol. The van der Waals surface area contributed by atoms with Crippen molar-refractivity contribution in [3.8, 4) is 0 Å². The molecule has 96 valence electrons. The van der Waals surface area contributed by atoms with Gasteiger partial charge in [-0.3, -0.25) is 4.79 Å². The van der Waals surface area contributed by atoms with Gasteiger partial charge in [0.15, 0.2) is 0 Å². The lowest BCUT2D eigenvalue weighted by atomic mass is 10.2. The van der Waals surface area contributed by atoms with Crippen LogP contribution in [0.2, 0.25) is 0 Å². The van der Waals surface area contributed by atoms with Crippen molar-refractivity contribution in [1.82, 2.24) is 9.38 Å². The van der Waals surface area contributed by atoms with Crippen molar-refractivity contribution in [2.45, 2.75) is 19.8 Å². The molecule has 5 nitrogen and oxygen atoms in total. The number of nitrogen functional groups attached to an aromatic ring is 1. The highest BCUT2D eigenvalue weighted by Crippen LogP contribution is 2.17. The fourth-order valence-corrected chi connectivity index (χ4v) is 2.08. The number of rotatable bonds is 4. The number of fused-ring (bicyclic) bond motifs is 1. The van der Waals surface area contributed by atoms with Gasteiger partial charge in [0.1, 0.15) is 5.65 Å². The maximum Gasteiger partial charge on any atom is 0.306 e. The van der Waals surface area contributed by atoms with Crippen LogP contribution in [0.25, 0.3) is 5.65 Å². The lowest BCUT2D eigenvalue weighted by molar-refractivity contribution is -0.143. The van der Waals surface area contributed by atoms with Crippen LogP contribution in [-0.4, -0.2) is 22.0 Å². The van der Waals surface area contributed by atoms with E-state index in [1.807, 2.05) is 22.9 Å². The number of pyridine rings is 1. The molecule has 0 aliphatic rings. The molecule has 0 saturated heterocycles. The largest absolute Gasteiger partial charge is 0.466 e. The molecule has 0 spiro atoms. The Morgan fingerprint density at radius 3 is 3.06 bits per heavy atom. The van der Waals surface area contributed by atoms with Crippen LogP contribution in [0.5, 0.6) is 0 Å². The average Bonchev–Trinajstić information content (AvgIpc) is 2.69. The Kier molecular flexibility index (Phi) is 4.05. The summed E-state index contributed by atoms with van der Waals surface area (Å²) in [7, 11) is 0. The molecular formula is C12H14IN3O2. The number of imidazole rings is 1. The first-order chi connectivity index (χ1) is 8.60. The lowest BCUT2D eigenvalue weighted by Gasteiger charge is -1.98. The van der Waals surface area contributed by atoms with Crippen molar-refractivity contribution < 1.29 is 9.53 Å². The Bertz CT molecular complexity index is 541. The van der Waals surface area contributed by atoms with Crippen molar-refractivity contribution in [1.29, 1.82) is 0 Å². The number of halogens is 1. The van der Waals surface area contributed by atoms with Gasteiger partial charge < -0.3 is 14.9 Å². The fraction of sp³-hybridized carbons (Fsp3) is 0.333. The zero-order valence-electron chi connectivity index (χ0n) is 10.0. The monoisotopic (exact) mass is 359 g/mol. The number of aromatic nitrogens is 2. The van der Waals surface area contributed by atoms with Crippen molar-refractivity contribution in [2.75, 3.05) is 12.3 Å². The van der Waals surface area contributed by atoms with E-state index in [2.05, 4.69) is 27.6 Å². The third-order valence-electron chi connectivity index (χ3n) is 2.51. The van der Waals surface area contributed by atoms with Crippen LogP contribution in [0.15, 0.2) is 18.5 Å². The zero-order valence-corrected chi connectivity index (χ0v) is 12.2. The number of hydrogen-bond acceptors (Lipinski definition) is 4. The summed E-state index contributed by atoms with van der Waals surface area (Å²) >= 11 is 2.17. The molecule has 0 atom stereocenters. The van der Waals surface area contributed by atoms with Crippen molar-refractivity contribution >= 4 is 39.9 Å². The summed E-state index contributed by atoms with van der Waals surface area (Å²) in [5.74, 6) is -0.191. The van der Waals surface area contributed by atoms with Crippen molar-refractivity contribution in [3.05, 3.63) is 27.7 Å². The molecule has 6 heteroatoms. The lowest BCUT2D eigenvalue weighted by Crippen LogP contribution is -2.05. The van der Waals surface area contributed by atoms with Gasteiger partial charge >= 0.3 is 5.97 Å². The molecule has 2 aromatic rings.